The van der Waals surface area contributed by atoms with Crippen LogP contribution in [0.5, 0.6) is 11.5 Å². The fraction of sp³-hybridized carbons (Fsp3) is 0.632. The number of urea groups is 1. The molecular weight excluding hydrogens is 332 g/mol. The summed E-state index contributed by atoms with van der Waals surface area (Å²) in [7, 11) is 2.18. The van der Waals surface area contributed by atoms with Gasteiger partial charge in [-0.2, -0.15) is 0 Å². The predicted octanol–water partition coefficient (Wildman–Crippen LogP) is 2.05. The normalized spacial score (nSPS) is 24.3. The van der Waals surface area contributed by atoms with Crippen molar-refractivity contribution in [2.24, 2.45) is 0 Å². The summed E-state index contributed by atoms with van der Waals surface area (Å²) in [6.45, 7) is 6.28. The molecule has 1 aromatic rings. The van der Waals surface area contributed by atoms with Crippen molar-refractivity contribution in [2.75, 3.05) is 58.4 Å². The number of carbonyl (C=O) groups excluding carboxylic acids is 1. The van der Waals surface area contributed by atoms with Gasteiger partial charge in [0, 0.05) is 57.1 Å². The summed E-state index contributed by atoms with van der Waals surface area (Å²) in [6.07, 6.45) is 3.43. The molecular formula is C19H28N4O3. The number of rotatable bonds is 2. The van der Waals surface area contributed by atoms with E-state index in [1.165, 1.54) is 12.8 Å². The molecule has 7 nitrogen and oxygen atoms in total. The van der Waals surface area contributed by atoms with Gasteiger partial charge in [0.05, 0.1) is 0 Å². The molecule has 4 rings (SSSR count). The van der Waals surface area contributed by atoms with E-state index in [0.717, 1.165) is 57.1 Å². The molecule has 0 saturated carbocycles. The minimum atomic E-state index is -0.0232. The standard InChI is InChI=1S/C19H28N4O3/c1-21-8-10-22(11-9-21)16-4-2-3-7-23(13-16)19(24)20-15-5-6-17-18(12-15)26-14-25-17/h5-6,12,16H,2-4,7-11,13-14H2,1H3,(H,20,24)/t16-/m0/s1. The third-order valence-electron chi connectivity index (χ3n) is 5.61. The van der Waals surface area contributed by atoms with Crippen molar-refractivity contribution in [3.63, 3.8) is 0 Å². The molecule has 1 atom stereocenters. The fourth-order valence-electron chi connectivity index (χ4n) is 3.97. The predicted molar refractivity (Wildman–Crippen MR) is 99.9 cm³/mol. The lowest BCUT2D eigenvalue weighted by Crippen LogP contribution is -2.52. The van der Waals surface area contributed by atoms with Crippen LogP contribution in [0.25, 0.3) is 0 Å². The maximum Gasteiger partial charge on any atom is 0.321 e. The number of amides is 2. The number of anilines is 1. The molecule has 7 heteroatoms. The van der Waals surface area contributed by atoms with Crippen molar-refractivity contribution >= 4 is 11.7 Å². The largest absolute Gasteiger partial charge is 0.454 e. The second-order valence-corrected chi connectivity index (χ2v) is 7.43. The number of benzene rings is 1. The van der Waals surface area contributed by atoms with Crippen LogP contribution in [0.2, 0.25) is 0 Å². The quantitative estimate of drug-likeness (QED) is 0.875. The lowest BCUT2D eigenvalue weighted by Gasteiger charge is -2.39. The van der Waals surface area contributed by atoms with Crippen molar-refractivity contribution in [1.29, 1.82) is 0 Å². The molecule has 0 aromatic heterocycles. The molecule has 142 valence electrons. The Morgan fingerprint density at radius 2 is 1.88 bits per heavy atom. The van der Waals surface area contributed by atoms with Gasteiger partial charge in [0.1, 0.15) is 0 Å². The molecule has 26 heavy (non-hydrogen) atoms. The summed E-state index contributed by atoms with van der Waals surface area (Å²) in [6, 6.07) is 5.98. The second kappa shape index (κ2) is 7.72. The number of likely N-dealkylation sites (N-methyl/N-ethyl adjacent to an activating group) is 1. The van der Waals surface area contributed by atoms with E-state index in [1.807, 2.05) is 23.1 Å². The molecule has 0 spiro atoms. The molecule has 1 aromatic carbocycles. The van der Waals surface area contributed by atoms with Gasteiger partial charge in [-0.25, -0.2) is 4.79 Å². The Bertz CT molecular complexity index is 646. The van der Waals surface area contributed by atoms with E-state index in [-0.39, 0.29) is 12.8 Å². The molecule has 0 radical (unpaired) electrons. The fourth-order valence-corrected chi connectivity index (χ4v) is 3.97. The average Bonchev–Trinajstić information content (AvgIpc) is 2.97. The Morgan fingerprint density at radius 3 is 2.73 bits per heavy atom. The highest BCUT2D eigenvalue weighted by molar-refractivity contribution is 5.89. The van der Waals surface area contributed by atoms with Crippen molar-refractivity contribution < 1.29 is 14.3 Å². The topological polar surface area (TPSA) is 57.3 Å². The number of hydrogen-bond donors (Lipinski definition) is 1. The van der Waals surface area contributed by atoms with Gasteiger partial charge in [-0.15, -0.1) is 0 Å². The van der Waals surface area contributed by atoms with Gasteiger partial charge in [0.25, 0.3) is 0 Å². The second-order valence-electron chi connectivity index (χ2n) is 7.43. The van der Waals surface area contributed by atoms with Gasteiger partial charge in [0.15, 0.2) is 11.5 Å². The number of fused-ring (bicyclic) bond motifs is 1. The van der Waals surface area contributed by atoms with Gasteiger partial charge in [-0.05, 0) is 32.0 Å². The summed E-state index contributed by atoms with van der Waals surface area (Å²) >= 11 is 0. The SMILES string of the molecule is CN1CCN([C@H]2CCCCN(C(=O)Nc3ccc4c(c3)OCO4)C2)CC1. The minimum Gasteiger partial charge on any atom is -0.454 e. The summed E-state index contributed by atoms with van der Waals surface area (Å²) in [5.41, 5.74) is 0.750. The summed E-state index contributed by atoms with van der Waals surface area (Å²) in [4.78, 5) is 19.7. The van der Waals surface area contributed by atoms with E-state index in [1.54, 1.807) is 0 Å². The molecule has 2 saturated heterocycles. The van der Waals surface area contributed by atoms with E-state index in [0.29, 0.717) is 11.8 Å². The smallest absolute Gasteiger partial charge is 0.321 e. The molecule has 2 fully saturated rings. The number of carbonyl (C=O) groups is 1. The Hall–Kier alpha value is -1.99. The van der Waals surface area contributed by atoms with Gasteiger partial charge in [-0.1, -0.05) is 6.42 Å². The summed E-state index contributed by atoms with van der Waals surface area (Å²) < 4.78 is 10.7. The Morgan fingerprint density at radius 1 is 1.08 bits per heavy atom. The van der Waals surface area contributed by atoms with Crippen LogP contribution in [0.4, 0.5) is 10.5 Å². The van der Waals surface area contributed by atoms with Crippen LogP contribution >= 0.6 is 0 Å². The highest BCUT2D eigenvalue weighted by Crippen LogP contribution is 2.34. The van der Waals surface area contributed by atoms with Crippen molar-refractivity contribution in [3.05, 3.63) is 18.2 Å². The lowest BCUT2D eigenvalue weighted by atomic mass is 10.1. The number of nitrogens with one attached hydrogen (secondary N) is 1. The van der Waals surface area contributed by atoms with Crippen molar-refractivity contribution in [1.82, 2.24) is 14.7 Å². The number of likely N-dealkylation sites (tertiary alicyclic amines) is 1. The van der Waals surface area contributed by atoms with E-state index >= 15 is 0 Å². The summed E-state index contributed by atoms with van der Waals surface area (Å²) in [5.74, 6) is 1.42. The highest BCUT2D eigenvalue weighted by Gasteiger charge is 2.28. The number of ether oxygens (including phenoxy) is 2. The number of hydrogen-bond acceptors (Lipinski definition) is 5. The van der Waals surface area contributed by atoms with E-state index in [4.69, 9.17) is 9.47 Å². The molecule has 0 bridgehead atoms. The Kier molecular flexibility index (Phi) is 5.17. The maximum absolute atomic E-state index is 12.8. The first kappa shape index (κ1) is 17.4. The average molecular weight is 360 g/mol. The zero-order chi connectivity index (χ0) is 17.9. The van der Waals surface area contributed by atoms with Gasteiger partial charge >= 0.3 is 6.03 Å². The van der Waals surface area contributed by atoms with Gasteiger partial charge in [-0.3, -0.25) is 4.90 Å². The molecule has 0 unspecified atom stereocenters. The van der Waals surface area contributed by atoms with Gasteiger partial charge < -0.3 is 24.6 Å². The van der Waals surface area contributed by atoms with Crippen molar-refractivity contribution in [3.8, 4) is 11.5 Å². The third kappa shape index (κ3) is 3.88. The zero-order valence-electron chi connectivity index (χ0n) is 15.4. The van der Waals surface area contributed by atoms with Crippen LogP contribution in [0.15, 0.2) is 18.2 Å². The first-order valence-corrected chi connectivity index (χ1v) is 9.57. The van der Waals surface area contributed by atoms with Crippen LogP contribution in [-0.4, -0.2) is 79.9 Å². The first-order valence-electron chi connectivity index (χ1n) is 9.57. The van der Waals surface area contributed by atoms with E-state index in [2.05, 4.69) is 22.2 Å². The molecule has 3 heterocycles. The van der Waals surface area contributed by atoms with E-state index in [9.17, 15) is 4.79 Å². The number of nitrogens with zero attached hydrogens (tertiary/aromatic N) is 3. The van der Waals surface area contributed by atoms with E-state index < -0.39 is 0 Å². The highest BCUT2D eigenvalue weighted by atomic mass is 16.7. The minimum absolute atomic E-state index is 0.0232. The Balaban J connectivity index is 1.38. The Labute approximate surface area is 154 Å². The van der Waals surface area contributed by atoms with Crippen LogP contribution in [0.1, 0.15) is 19.3 Å². The summed E-state index contributed by atoms with van der Waals surface area (Å²) in [5, 5.41) is 3.02. The van der Waals surface area contributed by atoms with Crippen LogP contribution in [0, 0.1) is 0 Å². The third-order valence-corrected chi connectivity index (χ3v) is 5.61. The van der Waals surface area contributed by atoms with Crippen molar-refractivity contribution in [2.45, 2.75) is 25.3 Å². The first-order chi connectivity index (χ1) is 12.7. The van der Waals surface area contributed by atoms with Crippen LogP contribution in [-0.2, 0) is 0 Å². The van der Waals surface area contributed by atoms with Gasteiger partial charge in [0.2, 0.25) is 6.79 Å². The monoisotopic (exact) mass is 360 g/mol. The molecule has 0 aliphatic carbocycles. The van der Waals surface area contributed by atoms with Crippen LogP contribution in [0.3, 0.4) is 0 Å². The molecule has 2 amide bonds. The molecule has 1 N–H and O–H groups in total. The molecule has 3 aliphatic rings. The molecule has 3 aliphatic heterocycles. The maximum atomic E-state index is 12.8. The zero-order valence-corrected chi connectivity index (χ0v) is 15.4. The number of piperazine rings is 1. The van der Waals surface area contributed by atoms with Crippen LogP contribution < -0.4 is 14.8 Å². The lowest BCUT2D eigenvalue weighted by molar-refractivity contribution is 0.0948.